The SMILES string of the molecule is CC(C)(C)OC(=O)CN1CCC(Oc2ccc3c(c2)CN(c2cnn(COCC[Si](C)(C)C)c(=O)c2C(F)(F)F)C3)CC1. The minimum atomic E-state index is -4.85. The Kier molecular flexibility index (Phi) is 9.97. The quantitative estimate of drug-likeness (QED) is 0.201. The molecule has 1 aromatic heterocycles. The van der Waals surface area contributed by atoms with Gasteiger partial charge in [0.05, 0.1) is 18.4 Å². The van der Waals surface area contributed by atoms with Crippen LogP contribution in [-0.4, -0.2) is 66.7 Å². The highest BCUT2D eigenvalue weighted by atomic mass is 28.3. The third-order valence-electron chi connectivity index (χ3n) is 7.37. The summed E-state index contributed by atoms with van der Waals surface area (Å²) >= 11 is 0. The average molecular weight is 625 g/mol. The fourth-order valence-corrected chi connectivity index (χ4v) is 5.91. The molecule has 0 atom stereocenters. The highest BCUT2D eigenvalue weighted by Crippen LogP contribution is 2.38. The van der Waals surface area contributed by atoms with E-state index >= 15 is 0 Å². The van der Waals surface area contributed by atoms with Crippen molar-refractivity contribution < 1.29 is 32.2 Å². The number of alkyl halides is 3. The first kappa shape index (κ1) is 33.0. The van der Waals surface area contributed by atoms with Crippen molar-refractivity contribution in [2.24, 2.45) is 0 Å². The zero-order valence-electron chi connectivity index (χ0n) is 25.9. The van der Waals surface area contributed by atoms with Crippen molar-refractivity contribution in [3.05, 3.63) is 51.4 Å². The standard InChI is InChI=1S/C30H43F3N4O5Si/c1-29(2,3)42-26(38)19-35-11-9-23(10-12-35)41-24-8-7-21-17-36(18-22(21)15-24)25-16-34-37(20-40-13-14-43(4,5)6)28(39)27(25)30(31,32)33/h7-8,15-16,23H,9-14,17-20H2,1-6H3. The molecule has 2 aromatic rings. The van der Waals surface area contributed by atoms with Gasteiger partial charge in [-0.2, -0.15) is 18.3 Å². The highest BCUT2D eigenvalue weighted by molar-refractivity contribution is 6.76. The second kappa shape index (κ2) is 13.0. The van der Waals surface area contributed by atoms with Gasteiger partial charge in [0.1, 0.15) is 29.7 Å². The number of aromatic nitrogens is 2. The summed E-state index contributed by atoms with van der Waals surface area (Å²) < 4.78 is 60.3. The van der Waals surface area contributed by atoms with Gasteiger partial charge in [-0.15, -0.1) is 0 Å². The molecule has 13 heteroatoms. The van der Waals surface area contributed by atoms with E-state index in [1.807, 2.05) is 43.9 Å². The van der Waals surface area contributed by atoms with E-state index in [0.717, 1.165) is 40.9 Å². The number of piperidine rings is 1. The van der Waals surface area contributed by atoms with Gasteiger partial charge in [-0.05, 0) is 62.9 Å². The lowest BCUT2D eigenvalue weighted by molar-refractivity contribution is -0.156. The fourth-order valence-electron chi connectivity index (χ4n) is 5.16. The normalized spacial score (nSPS) is 16.8. The summed E-state index contributed by atoms with van der Waals surface area (Å²) in [7, 11) is -1.39. The van der Waals surface area contributed by atoms with Crippen LogP contribution in [0, 0.1) is 0 Å². The molecule has 0 unspecified atom stereocenters. The number of esters is 1. The van der Waals surface area contributed by atoms with Crippen molar-refractivity contribution in [3.63, 3.8) is 0 Å². The van der Waals surface area contributed by atoms with E-state index in [0.29, 0.717) is 25.4 Å². The van der Waals surface area contributed by atoms with Gasteiger partial charge in [0.15, 0.2) is 0 Å². The molecule has 0 bridgehead atoms. The van der Waals surface area contributed by atoms with E-state index in [4.69, 9.17) is 14.2 Å². The summed E-state index contributed by atoms with van der Waals surface area (Å²) in [6.07, 6.45) is -2.29. The number of anilines is 1. The zero-order valence-corrected chi connectivity index (χ0v) is 26.9. The van der Waals surface area contributed by atoms with Crippen LogP contribution in [0.15, 0.2) is 29.2 Å². The Labute approximate surface area is 251 Å². The lowest BCUT2D eigenvalue weighted by atomic mass is 10.1. The van der Waals surface area contributed by atoms with Crippen LogP contribution in [0.5, 0.6) is 5.75 Å². The van der Waals surface area contributed by atoms with Gasteiger partial charge >= 0.3 is 12.1 Å². The summed E-state index contributed by atoms with van der Waals surface area (Å²) in [6.45, 7) is 14.1. The summed E-state index contributed by atoms with van der Waals surface area (Å²) in [4.78, 5) is 28.6. The molecule has 2 aliphatic rings. The van der Waals surface area contributed by atoms with Gasteiger partial charge in [0, 0.05) is 40.9 Å². The molecule has 43 heavy (non-hydrogen) atoms. The van der Waals surface area contributed by atoms with E-state index in [-0.39, 0.29) is 44.1 Å². The molecule has 0 radical (unpaired) electrons. The fraction of sp³-hybridized carbons (Fsp3) is 0.633. The van der Waals surface area contributed by atoms with Crippen molar-refractivity contribution in [1.29, 1.82) is 0 Å². The molecule has 4 rings (SSSR count). The predicted molar refractivity (Wildman–Crippen MR) is 160 cm³/mol. The van der Waals surface area contributed by atoms with Gasteiger partial charge in [-0.3, -0.25) is 14.5 Å². The largest absolute Gasteiger partial charge is 0.490 e. The van der Waals surface area contributed by atoms with Crippen molar-refractivity contribution in [2.75, 3.05) is 31.1 Å². The highest BCUT2D eigenvalue weighted by Gasteiger charge is 2.40. The van der Waals surface area contributed by atoms with Crippen LogP contribution in [0.1, 0.15) is 50.3 Å². The van der Waals surface area contributed by atoms with Crippen LogP contribution in [0.4, 0.5) is 18.9 Å². The number of rotatable bonds is 10. The topological polar surface area (TPSA) is 86.1 Å². The number of likely N-dealkylation sites (tertiary alicyclic amines) is 1. The van der Waals surface area contributed by atoms with E-state index < -0.39 is 31.0 Å². The van der Waals surface area contributed by atoms with E-state index in [9.17, 15) is 22.8 Å². The number of nitrogens with zero attached hydrogens (tertiary/aromatic N) is 4. The number of fused-ring (bicyclic) bond motifs is 1. The van der Waals surface area contributed by atoms with Gasteiger partial charge < -0.3 is 19.1 Å². The molecular weight excluding hydrogens is 581 g/mol. The minimum absolute atomic E-state index is 0.0352. The minimum Gasteiger partial charge on any atom is -0.490 e. The molecule has 1 saturated heterocycles. The summed E-state index contributed by atoms with van der Waals surface area (Å²) in [5, 5.41) is 4.02. The first-order chi connectivity index (χ1) is 20.0. The second-order valence-corrected chi connectivity index (χ2v) is 19.1. The van der Waals surface area contributed by atoms with Crippen molar-refractivity contribution in [1.82, 2.24) is 14.7 Å². The zero-order chi connectivity index (χ0) is 31.6. The monoisotopic (exact) mass is 624 g/mol. The molecule has 0 spiro atoms. The average Bonchev–Trinajstić information content (AvgIpc) is 3.29. The number of benzene rings is 1. The van der Waals surface area contributed by atoms with Gasteiger partial charge in [0.25, 0.3) is 5.56 Å². The molecule has 0 amide bonds. The molecule has 0 N–H and O–H groups in total. The van der Waals surface area contributed by atoms with Gasteiger partial charge in [-0.1, -0.05) is 25.7 Å². The second-order valence-electron chi connectivity index (χ2n) is 13.5. The van der Waals surface area contributed by atoms with Gasteiger partial charge in [-0.25, -0.2) is 4.68 Å². The van der Waals surface area contributed by atoms with Crippen molar-refractivity contribution in [2.45, 2.75) is 97.0 Å². The summed E-state index contributed by atoms with van der Waals surface area (Å²) in [5.74, 6) is 0.397. The van der Waals surface area contributed by atoms with Crippen LogP contribution >= 0.6 is 0 Å². The first-order valence-corrected chi connectivity index (χ1v) is 18.4. The molecule has 2 aliphatic heterocycles. The third kappa shape index (κ3) is 9.29. The smallest absolute Gasteiger partial charge is 0.423 e. The van der Waals surface area contributed by atoms with Crippen molar-refractivity contribution in [3.8, 4) is 5.75 Å². The summed E-state index contributed by atoms with van der Waals surface area (Å²) in [5.41, 5.74) is -1.51. The first-order valence-electron chi connectivity index (χ1n) is 14.7. The number of hydrogen-bond donors (Lipinski definition) is 0. The maximum Gasteiger partial charge on any atom is 0.423 e. The Bertz CT molecular complexity index is 1350. The molecule has 0 aliphatic carbocycles. The maximum absolute atomic E-state index is 14.2. The number of carbonyl (C=O) groups excluding carboxylic acids is 1. The lowest BCUT2D eigenvalue weighted by Gasteiger charge is -2.32. The Morgan fingerprint density at radius 2 is 1.74 bits per heavy atom. The molecule has 238 valence electrons. The molecule has 1 fully saturated rings. The molecule has 1 aromatic carbocycles. The van der Waals surface area contributed by atoms with Crippen LogP contribution in [0.25, 0.3) is 0 Å². The van der Waals surface area contributed by atoms with E-state index in [2.05, 4.69) is 24.7 Å². The van der Waals surface area contributed by atoms with Crippen LogP contribution in [0.3, 0.4) is 0 Å². The van der Waals surface area contributed by atoms with E-state index in [1.54, 1.807) is 0 Å². The number of hydrogen-bond acceptors (Lipinski definition) is 8. The van der Waals surface area contributed by atoms with E-state index in [1.165, 1.54) is 4.90 Å². The van der Waals surface area contributed by atoms with Crippen molar-refractivity contribution >= 4 is 19.7 Å². The van der Waals surface area contributed by atoms with Gasteiger partial charge in [0.2, 0.25) is 0 Å². The predicted octanol–water partition coefficient (Wildman–Crippen LogP) is 5.28. The molecule has 3 heterocycles. The molecular formula is C30H43F3N4O5Si. The summed E-state index contributed by atoms with van der Waals surface area (Å²) in [6, 6.07) is 6.37. The Balaban J connectivity index is 1.38. The maximum atomic E-state index is 14.2. The Morgan fingerprint density at radius 3 is 2.37 bits per heavy atom. The number of ether oxygens (including phenoxy) is 3. The third-order valence-corrected chi connectivity index (χ3v) is 9.07. The number of carbonyl (C=O) groups is 1. The van der Waals surface area contributed by atoms with Crippen LogP contribution in [0.2, 0.25) is 25.7 Å². The Hall–Kier alpha value is -2.90. The molecule has 0 saturated carbocycles. The lowest BCUT2D eigenvalue weighted by Crippen LogP contribution is -2.42. The molecule has 9 nitrogen and oxygen atoms in total. The van der Waals surface area contributed by atoms with Crippen LogP contribution < -0.4 is 15.2 Å². The van der Waals surface area contributed by atoms with Crippen LogP contribution in [-0.2, 0) is 40.3 Å². The number of halogens is 3. The Morgan fingerprint density at radius 1 is 1.07 bits per heavy atom.